The number of nitrogens with one attached hydrogen (secondary N) is 1. The van der Waals surface area contributed by atoms with Crippen molar-refractivity contribution in [2.75, 3.05) is 19.6 Å². The molecule has 0 unspecified atom stereocenters. The molecule has 0 radical (unpaired) electrons. The lowest BCUT2D eigenvalue weighted by Crippen LogP contribution is -2.37. The van der Waals surface area contributed by atoms with E-state index in [9.17, 15) is 4.79 Å². The lowest BCUT2D eigenvalue weighted by Gasteiger charge is -2.24. The third kappa shape index (κ3) is 2.43. The van der Waals surface area contributed by atoms with Gasteiger partial charge in [-0.25, -0.2) is 4.79 Å². The fourth-order valence-corrected chi connectivity index (χ4v) is 2.32. The lowest BCUT2D eigenvalue weighted by molar-refractivity contribution is 0.0283. The number of amides is 1. The minimum Gasteiger partial charge on any atom is -0.444 e. The molecule has 0 bridgehead atoms. The molecule has 2 heterocycles. The molecule has 1 N–H and O–H groups in total. The van der Waals surface area contributed by atoms with Gasteiger partial charge in [-0.2, -0.15) is 0 Å². The molecular weight excluding hydrogens is 192 g/mol. The zero-order valence-electron chi connectivity index (χ0n) is 9.75. The first kappa shape index (κ1) is 10.7. The molecule has 2 rings (SSSR count). The van der Waals surface area contributed by atoms with Gasteiger partial charge in [0.25, 0.3) is 0 Å². The van der Waals surface area contributed by atoms with Crippen molar-refractivity contribution >= 4 is 6.09 Å². The molecule has 0 aromatic heterocycles. The Kier molecular flexibility index (Phi) is 2.63. The minimum atomic E-state index is -0.387. The van der Waals surface area contributed by atoms with E-state index in [2.05, 4.69) is 5.32 Å². The highest BCUT2D eigenvalue weighted by molar-refractivity contribution is 5.68. The van der Waals surface area contributed by atoms with Gasteiger partial charge in [0.05, 0.1) is 0 Å². The average Bonchev–Trinajstić information content (AvgIpc) is 2.56. The molecule has 15 heavy (non-hydrogen) atoms. The third-order valence-electron chi connectivity index (χ3n) is 3.01. The van der Waals surface area contributed by atoms with Crippen LogP contribution in [0.1, 0.15) is 27.2 Å². The molecule has 0 aromatic carbocycles. The van der Waals surface area contributed by atoms with Crippen LogP contribution in [0.5, 0.6) is 0 Å². The maximum atomic E-state index is 11.8. The highest BCUT2D eigenvalue weighted by Gasteiger charge is 2.39. The highest BCUT2D eigenvalue weighted by atomic mass is 16.6. The molecule has 2 saturated heterocycles. The Morgan fingerprint density at radius 2 is 2.13 bits per heavy atom. The van der Waals surface area contributed by atoms with Gasteiger partial charge in [-0.3, -0.25) is 0 Å². The Balaban J connectivity index is 1.88. The summed E-state index contributed by atoms with van der Waals surface area (Å²) >= 11 is 0. The summed E-state index contributed by atoms with van der Waals surface area (Å²) in [4.78, 5) is 13.6. The molecule has 86 valence electrons. The monoisotopic (exact) mass is 212 g/mol. The smallest absolute Gasteiger partial charge is 0.410 e. The normalized spacial score (nSPS) is 30.5. The van der Waals surface area contributed by atoms with Crippen molar-refractivity contribution in [2.24, 2.45) is 5.92 Å². The second-order valence-corrected chi connectivity index (χ2v) is 5.49. The fraction of sp³-hybridized carbons (Fsp3) is 0.909. The molecule has 4 nitrogen and oxygen atoms in total. The van der Waals surface area contributed by atoms with Crippen molar-refractivity contribution in [1.82, 2.24) is 10.2 Å². The number of hydrogen-bond donors (Lipinski definition) is 1. The van der Waals surface area contributed by atoms with Gasteiger partial charge in [0.2, 0.25) is 0 Å². The number of nitrogens with zero attached hydrogens (tertiary/aromatic N) is 1. The van der Waals surface area contributed by atoms with Crippen LogP contribution in [0.4, 0.5) is 4.79 Å². The highest BCUT2D eigenvalue weighted by Crippen LogP contribution is 2.25. The summed E-state index contributed by atoms with van der Waals surface area (Å²) in [5, 5.41) is 3.42. The Hall–Kier alpha value is -0.770. The Morgan fingerprint density at radius 1 is 1.40 bits per heavy atom. The lowest BCUT2D eigenvalue weighted by atomic mass is 10.1. The first-order valence-electron chi connectivity index (χ1n) is 5.67. The van der Waals surface area contributed by atoms with Crippen LogP contribution in [-0.4, -0.2) is 42.3 Å². The van der Waals surface area contributed by atoms with E-state index >= 15 is 0 Å². The number of rotatable bonds is 0. The van der Waals surface area contributed by atoms with Gasteiger partial charge in [-0.15, -0.1) is 0 Å². The van der Waals surface area contributed by atoms with Crippen LogP contribution in [0.2, 0.25) is 0 Å². The summed E-state index contributed by atoms with van der Waals surface area (Å²) in [5.74, 6) is 0.637. The third-order valence-corrected chi connectivity index (χ3v) is 3.01. The van der Waals surface area contributed by atoms with Crippen LogP contribution in [0.25, 0.3) is 0 Å². The summed E-state index contributed by atoms with van der Waals surface area (Å²) in [6.07, 6.45) is 1.02. The molecule has 2 atom stereocenters. The Bertz CT molecular complexity index is 248. The topological polar surface area (TPSA) is 41.6 Å². The maximum Gasteiger partial charge on any atom is 0.410 e. The summed E-state index contributed by atoms with van der Waals surface area (Å²) < 4.78 is 5.35. The Labute approximate surface area is 91.0 Å². The van der Waals surface area contributed by atoms with Crippen molar-refractivity contribution in [3.63, 3.8) is 0 Å². The first-order valence-corrected chi connectivity index (χ1v) is 5.67. The second-order valence-electron chi connectivity index (χ2n) is 5.49. The number of hydrogen-bond acceptors (Lipinski definition) is 3. The molecular formula is C11H20N2O2. The zero-order chi connectivity index (χ0) is 11.1. The van der Waals surface area contributed by atoms with Crippen molar-refractivity contribution in [2.45, 2.75) is 38.8 Å². The first-order chi connectivity index (χ1) is 6.96. The summed E-state index contributed by atoms with van der Waals surface area (Å²) in [6, 6.07) is 0.498. The van der Waals surface area contributed by atoms with Crippen LogP contribution in [-0.2, 0) is 4.74 Å². The summed E-state index contributed by atoms with van der Waals surface area (Å²) in [7, 11) is 0. The molecule has 0 saturated carbocycles. The van der Waals surface area contributed by atoms with E-state index in [-0.39, 0.29) is 11.7 Å². The van der Waals surface area contributed by atoms with Crippen molar-refractivity contribution in [3.05, 3.63) is 0 Å². The van der Waals surface area contributed by atoms with Crippen molar-refractivity contribution < 1.29 is 9.53 Å². The largest absolute Gasteiger partial charge is 0.444 e. The number of ether oxygens (including phenoxy) is 1. The minimum absolute atomic E-state index is 0.168. The van der Waals surface area contributed by atoms with Crippen LogP contribution >= 0.6 is 0 Å². The number of likely N-dealkylation sites (tertiary alicyclic amines) is 1. The molecule has 0 spiro atoms. The second kappa shape index (κ2) is 3.67. The fourth-order valence-electron chi connectivity index (χ4n) is 2.32. The predicted molar refractivity (Wildman–Crippen MR) is 57.7 cm³/mol. The van der Waals surface area contributed by atoms with Gasteiger partial charge in [0.15, 0.2) is 0 Å². The van der Waals surface area contributed by atoms with E-state index in [0.717, 1.165) is 19.6 Å². The van der Waals surface area contributed by atoms with E-state index in [0.29, 0.717) is 12.0 Å². The maximum absolute atomic E-state index is 11.8. The van der Waals surface area contributed by atoms with E-state index in [4.69, 9.17) is 4.74 Å². The Morgan fingerprint density at radius 3 is 2.73 bits per heavy atom. The number of fused-ring (bicyclic) bond motifs is 1. The standard InChI is InChI=1S/C11H20N2O2/c1-11(2,3)15-10(14)13-6-8-4-5-12-9(8)7-13/h8-9,12H,4-7H2,1-3H3/t8-,9-/m0/s1. The average molecular weight is 212 g/mol. The van der Waals surface area contributed by atoms with Crippen LogP contribution in [0.3, 0.4) is 0 Å². The van der Waals surface area contributed by atoms with Gasteiger partial charge >= 0.3 is 6.09 Å². The van der Waals surface area contributed by atoms with Gasteiger partial charge in [-0.1, -0.05) is 0 Å². The van der Waals surface area contributed by atoms with Crippen LogP contribution < -0.4 is 5.32 Å². The molecule has 1 amide bonds. The van der Waals surface area contributed by atoms with E-state index in [1.807, 2.05) is 25.7 Å². The molecule has 0 aliphatic carbocycles. The van der Waals surface area contributed by atoms with Crippen molar-refractivity contribution in [3.8, 4) is 0 Å². The van der Waals surface area contributed by atoms with Gasteiger partial charge in [-0.05, 0) is 39.7 Å². The molecule has 2 aliphatic rings. The molecule has 2 aliphatic heterocycles. The molecule has 0 aromatic rings. The quantitative estimate of drug-likeness (QED) is 0.656. The zero-order valence-corrected chi connectivity index (χ0v) is 9.75. The van der Waals surface area contributed by atoms with E-state index in [1.54, 1.807) is 0 Å². The number of carbonyl (C=O) groups is 1. The van der Waals surface area contributed by atoms with Gasteiger partial charge < -0.3 is 15.0 Å². The van der Waals surface area contributed by atoms with E-state index < -0.39 is 0 Å². The van der Waals surface area contributed by atoms with Crippen LogP contribution in [0.15, 0.2) is 0 Å². The van der Waals surface area contributed by atoms with Gasteiger partial charge in [0, 0.05) is 19.1 Å². The van der Waals surface area contributed by atoms with Crippen molar-refractivity contribution in [1.29, 1.82) is 0 Å². The van der Waals surface area contributed by atoms with Gasteiger partial charge in [0.1, 0.15) is 5.60 Å². The molecule has 4 heteroatoms. The summed E-state index contributed by atoms with van der Waals surface area (Å²) in [5.41, 5.74) is -0.387. The van der Waals surface area contributed by atoms with Crippen LogP contribution in [0, 0.1) is 5.92 Å². The number of carbonyl (C=O) groups excluding carboxylic acids is 1. The predicted octanol–water partition coefficient (Wildman–Crippen LogP) is 1.22. The van der Waals surface area contributed by atoms with E-state index in [1.165, 1.54) is 6.42 Å². The SMILES string of the molecule is CC(C)(C)OC(=O)N1C[C@@H]2CCN[C@H]2C1. The summed E-state index contributed by atoms with van der Waals surface area (Å²) in [6.45, 7) is 8.46. The molecule has 2 fully saturated rings.